The fourth-order valence-electron chi connectivity index (χ4n) is 1.90. The van der Waals surface area contributed by atoms with Gasteiger partial charge in [0, 0.05) is 17.5 Å². The molecule has 9 nitrogen and oxygen atoms in total. The van der Waals surface area contributed by atoms with Crippen molar-refractivity contribution in [1.29, 1.82) is 0 Å². The minimum atomic E-state index is -0.649. The quantitative estimate of drug-likeness (QED) is 0.473. The van der Waals surface area contributed by atoms with Crippen LogP contribution in [-0.2, 0) is 4.74 Å². The second-order valence-corrected chi connectivity index (χ2v) is 4.84. The highest BCUT2D eigenvalue weighted by molar-refractivity contribution is 9.10. The Balaban J connectivity index is 2.32. The summed E-state index contributed by atoms with van der Waals surface area (Å²) in [4.78, 5) is 18.1. The summed E-state index contributed by atoms with van der Waals surface area (Å²) in [6, 6.07) is -0.525. The normalized spacial score (nSPS) is 26.1. The first-order valence-electron chi connectivity index (χ1n) is 5.41. The van der Waals surface area contributed by atoms with Gasteiger partial charge in [-0.15, -0.1) is 0 Å². The van der Waals surface area contributed by atoms with E-state index in [-0.39, 0.29) is 18.8 Å². The lowest BCUT2D eigenvalue weighted by molar-refractivity contribution is -0.0270. The Kier molecular flexibility index (Phi) is 4.05. The molecule has 0 bridgehead atoms. The number of nitrogen functional groups attached to an aromatic ring is 1. The number of nitrogens with two attached hydrogens (primary N) is 1. The van der Waals surface area contributed by atoms with E-state index in [1.807, 2.05) is 0 Å². The average Bonchev–Trinajstić information content (AvgIpc) is 2.77. The lowest BCUT2D eigenvalue weighted by Gasteiger charge is -2.15. The first-order chi connectivity index (χ1) is 9.06. The number of rotatable bonds is 3. The van der Waals surface area contributed by atoms with Crippen LogP contribution in [0.1, 0.15) is 12.6 Å². The van der Waals surface area contributed by atoms with Gasteiger partial charge in [0.1, 0.15) is 12.0 Å². The van der Waals surface area contributed by atoms with E-state index in [4.69, 9.17) is 21.1 Å². The number of azide groups is 1. The van der Waals surface area contributed by atoms with Gasteiger partial charge in [0.15, 0.2) is 0 Å². The van der Waals surface area contributed by atoms with Gasteiger partial charge in [-0.3, -0.25) is 4.57 Å². The van der Waals surface area contributed by atoms with E-state index in [2.05, 4.69) is 30.9 Å². The van der Waals surface area contributed by atoms with E-state index < -0.39 is 24.1 Å². The van der Waals surface area contributed by atoms with Crippen molar-refractivity contribution in [3.63, 3.8) is 0 Å². The van der Waals surface area contributed by atoms with Crippen molar-refractivity contribution in [1.82, 2.24) is 9.55 Å². The molecule has 1 aromatic heterocycles. The van der Waals surface area contributed by atoms with Gasteiger partial charge >= 0.3 is 5.69 Å². The summed E-state index contributed by atoms with van der Waals surface area (Å²) in [7, 11) is 0. The monoisotopic (exact) mass is 330 g/mol. The first kappa shape index (κ1) is 13.8. The molecule has 0 unspecified atom stereocenters. The standard InChI is InChI=1S/C9H11BrN6O3/c10-4-2-16(9(18)13-8(4)11)7-1-5(14-15-12)6(3-17)19-7/h2,5-7,17H,1,3H2,(H2,11,13,18)/t5-,6+,7+/m0/s1. The van der Waals surface area contributed by atoms with E-state index in [0.717, 1.165) is 0 Å². The fraction of sp³-hybridized carbons (Fsp3) is 0.556. The summed E-state index contributed by atoms with van der Waals surface area (Å²) in [6.45, 7) is -0.293. The zero-order chi connectivity index (χ0) is 14.0. The molecule has 19 heavy (non-hydrogen) atoms. The largest absolute Gasteiger partial charge is 0.394 e. The molecular weight excluding hydrogens is 320 g/mol. The Morgan fingerprint density at radius 1 is 1.79 bits per heavy atom. The number of anilines is 1. The van der Waals surface area contributed by atoms with E-state index in [0.29, 0.717) is 4.47 Å². The second kappa shape index (κ2) is 5.57. The minimum absolute atomic E-state index is 0.0875. The van der Waals surface area contributed by atoms with Crippen molar-refractivity contribution in [2.45, 2.75) is 24.8 Å². The summed E-state index contributed by atoms with van der Waals surface area (Å²) in [5.41, 5.74) is 13.4. The maximum Gasteiger partial charge on any atom is 0.351 e. The van der Waals surface area contributed by atoms with Crippen molar-refractivity contribution >= 4 is 21.7 Å². The minimum Gasteiger partial charge on any atom is -0.394 e. The number of ether oxygens (including phenoxy) is 1. The lowest BCUT2D eigenvalue weighted by atomic mass is 10.1. The first-order valence-corrected chi connectivity index (χ1v) is 6.20. The third kappa shape index (κ3) is 2.71. The predicted octanol–water partition coefficient (Wildman–Crippen LogP) is 0.547. The zero-order valence-electron chi connectivity index (χ0n) is 9.68. The molecule has 0 radical (unpaired) electrons. The van der Waals surface area contributed by atoms with Crippen LogP contribution < -0.4 is 11.4 Å². The van der Waals surface area contributed by atoms with Crippen molar-refractivity contribution in [3.8, 4) is 0 Å². The van der Waals surface area contributed by atoms with Gasteiger partial charge in [-0.1, -0.05) is 5.11 Å². The third-order valence-electron chi connectivity index (χ3n) is 2.83. The summed E-state index contributed by atoms with van der Waals surface area (Å²) in [5.74, 6) is 0.0875. The number of halogens is 1. The maximum atomic E-state index is 11.7. The van der Waals surface area contributed by atoms with Crippen LogP contribution >= 0.6 is 15.9 Å². The SMILES string of the molecule is [N-]=[N+]=N[C@H]1C[C@H](n2cc(Br)c(N)nc2=O)O[C@@H]1CO. The predicted molar refractivity (Wildman–Crippen MR) is 69.2 cm³/mol. The number of nitrogens with zero attached hydrogens (tertiary/aromatic N) is 5. The molecule has 1 saturated heterocycles. The highest BCUT2D eigenvalue weighted by Gasteiger charge is 2.35. The van der Waals surface area contributed by atoms with Gasteiger partial charge in [-0.25, -0.2) is 4.79 Å². The summed E-state index contributed by atoms with van der Waals surface area (Å²) in [6.07, 6.45) is 0.462. The Morgan fingerprint density at radius 3 is 3.16 bits per heavy atom. The van der Waals surface area contributed by atoms with Gasteiger partial charge in [0.05, 0.1) is 23.2 Å². The van der Waals surface area contributed by atoms with Crippen LogP contribution in [0.4, 0.5) is 5.82 Å². The molecule has 0 aromatic carbocycles. The van der Waals surface area contributed by atoms with E-state index >= 15 is 0 Å². The van der Waals surface area contributed by atoms with Gasteiger partial charge in [-0.05, 0) is 21.5 Å². The Labute approximate surface area is 115 Å². The van der Waals surface area contributed by atoms with E-state index in [1.54, 1.807) is 0 Å². The van der Waals surface area contributed by atoms with Crippen LogP contribution in [0.25, 0.3) is 10.4 Å². The van der Waals surface area contributed by atoms with Gasteiger partial charge < -0.3 is 15.6 Å². The Hall–Kier alpha value is -1.61. The number of hydrogen-bond donors (Lipinski definition) is 2. The van der Waals surface area contributed by atoms with Crippen molar-refractivity contribution in [2.24, 2.45) is 5.11 Å². The van der Waals surface area contributed by atoms with Crippen LogP contribution in [0.15, 0.2) is 20.6 Å². The molecule has 2 rings (SSSR count). The number of aliphatic hydroxyl groups is 1. The molecule has 2 heterocycles. The molecule has 10 heteroatoms. The van der Waals surface area contributed by atoms with Crippen molar-refractivity contribution in [3.05, 3.63) is 31.6 Å². The molecule has 3 atom stereocenters. The van der Waals surface area contributed by atoms with Gasteiger partial charge in [0.2, 0.25) is 0 Å². The third-order valence-corrected chi connectivity index (χ3v) is 3.44. The number of hydrogen-bond acceptors (Lipinski definition) is 6. The number of aromatic nitrogens is 2. The number of aliphatic hydroxyl groups excluding tert-OH is 1. The zero-order valence-corrected chi connectivity index (χ0v) is 11.3. The molecular formula is C9H11BrN6O3. The summed E-state index contributed by atoms with van der Waals surface area (Å²) >= 11 is 3.17. The molecule has 1 aliphatic heterocycles. The fourth-order valence-corrected chi connectivity index (χ4v) is 2.21. The second-order valence-electron chi connectivity index (χ2n) is 3.98. The lowest BCUT2D eigenvalue weighted by Crippen LogP contribution is -2.28. The van der Waals surface area contributed by atoms with Crippen LogP contribution in [0.5, 0.6) is 0 Å². The van der Waals surface area contributed by atoms with Crippen LogP contribution in [0, 0.1) is 0 Å². The Morgan fingerprint density at radius 2 is 2.53 bits per heavy atom. The summed E-state index contributed by atoms with van der Waals surface area (Å²) < 4.78 is 7.19. The molecule has 0 amide bonds. The molecule has 1 fully saturated rings. The summed E-state index contributed by atoms with van der Waals surface area (Å²) in [5, 5.41) is 12.7. The van der Waals surface area contributed by atoms with Gasteiger partial charge in [-0.2, -0.15) is 4.98 Å². The van der Waals surface area contributed by atoms with Crippen LogP contribution in [0.3, 0.4) is 0 Å². The van der Waals surface area contributed by atoms with E-state index in [1.165, 1.54) is 10.8 Å². The van der Waals surface area contributed by atoms with Crippen LogP contribution in [-0.4, -0.2) is 33.4 Å². The Bertz CT molecular complexity index is 584. The molecule has 0 spiro atoms. The molecule has 102 valence electrons. The van der Waals surface area contributed by atoms with E-state index in [9.17, 15) is 4.79 Å². The smallest absolute Gasteiger partial charge is 0.351 e. The average molecular weight is 331 g/mol. The topological polar surface area (TPSA) is 139 Å². The van der Waals surface area contributed by atoms with Crippen molar-refractivity contribution in [2.75, 3.05) is 12.3 Å². The van der Waals surface area contributed by atoms with Gasteiger partial charge in [0.25, 0.3) is 0 Å². The molecule has 0 saturated carbocycles. The highest BCUT2D eigenvalue weighted by Crippen LogP contribution is 2.30. The molecule has 0 aliphatic carbocycles. The maximum absolute atomic E-state index is 11.7. The molecule has 3 N–H and O–H groups in total. The molecule has 1 aromatic rings. The molecule has 1 aliphatic rings. The van der Waals surface area contributed by atoms with Crippen molar-refractivity contribution < 1.29 is 9.84 Å². The van der Waals surface area contributed by atoms with Crippen LogP contribution in [0.2, 0.25) is 0 Å². The highest BCUT2D eigenvalue weighted by atomic mass is 79.9.